The van der Waals surface area contributed by atoms with Crippen molar-refractivity contribution < 1.29 is 19.4 Å². The number of carboxylic acid groups (broad SMARTS) is 1. The second kappa shape index (κ2) is 8.27. The maximum atomic E-state index is 12.6. The van der Waals surface area contributed by atoms with E-state index in [4.69, 9.17) is 9.84 Å². The fourth-order valence-electron chi connectivity index (χ4n) is 5.55. The van der Waals surface area contributed by atoms with Crippen LogP contribution >= 0.6 is 0 Å². The molecule has 2 aromatic rings. The number of ether oxygens (including phenoxy) is 1. The van der Waals surface area contributed by atoms with E-state index in [1.54, 1.807) is 4.90 Å². The first-order chi connectivity index (χ1) is 16.5. The number of amides is 2. The summed E-state index contributed by atoms with van der Waals surface area (Å²) in [7, 11) is 0. The minimum Gasteiger partial charge on any atom is -0.465 e. The lowest BCUT2D eigenvalue weighted by Crippen LogP contribution is -2.45. The van der Waals surface area contributed by atoms with E-state index < -0.39 is 12.1 Å². The lowest BCUT2D eigenvalue weighted by Gasteiger charge is -2.35. The predicted molar refractivity (Wildman–Crippen MR) is 125 cm³/mol. The Morgan fingerprint density at radius 1 is 1.12 bits per heavy atom. The van der Waals surface area contributed by atoms with E-state index in [-0.39, 0.29) is 24.7 Å². The minimum atomic E-state index is -0.980. The number of hydrogen-bond donors (Lipinski definition) is 1. The van der Waals surface area contributed by atoms with Crippen molar-refractivity contribution in [2.45, 2.75) is 62.7 Å². The van der Waals surface area contributed by atoms with Gasteiger partial charge in [0.25, 0.3) is 0 Å². The van der Waals surface area contributed by atoms with Gasteiger partial charge in [-0.2, -0.15) is 5.10 Å². The fraction of sp³-hybridized carbons (Fsp3) is 0.500. The maximum absolute atomic E-state index is 12.6. The zero-order valence-corrected chi connectivity index (χ0v) is 19.2. The molecule has 1 aromatic carbocycles. The number of benzene rings is 1. The molecule has 1 N–H and O–H groups in total. The molecule has 0 saturated heterocycles. The normalized spacial score (nSPS) is 24.2. The summed E-state index contributed by atoms with van der Waals surface area (Å²) < 4.78 is 8.34. The van der Waals surface area contributed by atoms with Gasteiger partial charge in [-0.3, -0.25) is 9.69 Å². The van der Waals surface area contributed by atoms with Gasteiger partial charge in [-0.15, -0.1) is 0 Å². The van der Waals surface area contributed by atoms with E-state index in [9.17, 15) is 14.7 Å². The van der Waals surface area contributed by atoms with Crippen LogP contribution in [0.1, 0.15) is 72.7 Å². The highest BCUT2D eigenvalue weighted by Gasteiger charge is 2.44. The van der Waals surface area contributed by atoms with Crippen LogP contribution in [0.3, 0.4) is 0 Å². The van der Waals surface area contributed by atoms with Gasteiger partial charge in [0.1, 0.15) is 6.10 Å². The largest absolute Gasteiger partial charge is 0.465 e. The molecule has 2 unspecified atom stereocenters. The molecule has 2 amide bonds. The molecule has 3 heterocycles. The van der Waals surface area contributed by atoms with E-state index in [1.165, 1.54) is 35.8 Å². The van der Waals surface area contributed by atoms with E-state index in [0.717, 1.165) is 35.5 Å². The summed E-state index contributed by atoms with van der Waals surface area (Å²) in [5.41, 5.74) is 5.05. The van der Waals surface area contributed by atoms with Crippen LogP contribution < -0.4 is 0 Å². The van der Waals surface area contributed by atoms with Crippen LogP contribution in [0.2, 0.25) is 0 Å². The molecular weight excluding hydrogens is 432 g/mol. The maximum Gasteiger partial charge on any atom is 0.407 e. The molecule has 6 rings (SSSR count). The molecule has 2 aliphatic heterocycles. The first-order valence-electron chi connectivity index (χ1n) is 12.3. The Labute approximate surface area is 198 Å². The number of aromatic nitrogens is 2. The molecule has 8 heteroatoms. The van der Waals surface area contributed by atoms with Gasteiger partial charge in [0.2, 0.25) is 5.91 Å². The molecule has 4 aliphatic rings. The molecule has 2 atom stereocenters. The second-order valence-electron chi connectivity index (χ2n) is 9.89. The van der Waals surface area contributed by atoms with Gasteiger partial charge in [-0.1, -0.05) is 25.1 Å². The van der Waals surface area contributed by atoms with Crippen LogP contribution in [0.4, 0.5) is 4.79 Å². The monoisotopic (exact) mass is 462 g/mol. The highest BCUT2D eigenvalue weighted by atomic mass is 16.5. The SMILES string of the molecule is C=CC(=O)N1CC(OC2CC2)c2nn(-c3ccc(C4CCC4)cc3)c3c2C(C1)N(C(=O)O)CC3. The Balaban J connectivity index is 1.44. The van der Waals surface area contributed by atoms with Crippen molar-refractivity contribution in [2.75, 3.05) is 19.6 Å². The number of rotatable bonds is 5. The van der Waals surface area contributed by atoms with Crippen molar-refractivity contribution in [1.82, 2.24) is 19.6 Å². The molecule has 0 bridgehead atoms. The predicted octanol–water partition coefficient (Wildman–Crippen LogP) is 3.97. The molecule has 2 saturated carbocycles. The summed E-state index contributed by atoms with van der Waals surface area (Å²) in [4.78, 5) is 27.9. The third-order valence-electron chi connectivity index (χ3n) is 7.76. The smallest absolute Gasteiger partial charge is 0.407 e. The average Bonchev–Trinajstić information content (AvgIpc) is 3.56. The third-order valence-corrected chi connectivity index (χ3v) is 7.76. The highest BCUT2D eigenvalue weighted by molar-refractivity contribution is 5.87. The first kappa shape index (κ1) is 21.4. The van der Waals surface area contributed by atoms with E-state index >= 15 is 0 Å². The molecule has 2 aliphatic carbocycles. The Hall–Kier alpha value is -3.13. The molecule has 0 radical (unpaired) electrons. The number of nitrogens with zero attached hydrogens (tertiary/aromatic N) is 4. The van der Waals surface area contributed by atoms with E-state index in [0.29, 0.717) is 25.4 Å². The van der Waals surface area contributed by atoms with Crippen molar-refractivity contribution in [3.05, 3.63) is 59.4 Å². The fourth-order valence-corrected chi connectivity index (χ4v) is 5.55. The summed E-state index contributed by atoms with van der Waals surface area (Å²) in [6.45, 7) is 4.62. The van der Waals surface area contributed by atoms with Crippen molar-refractivity contribution >= 4 is 12.0 Å². The molecule has 8 nitrogen and oxygen atoms in total. The molecule has 2 fully saturated rings. The Bertz CT molecular complexity index is 1130. The number of carbonyl (C=O) groups excluding carboxylic acids is 1. The summed E-state index contributed by atoms with van der Waals surface area (Å²) in [5, 5.41) is 15.0. The third kappa shape index (κ3) is 3.60. The van der Waals surface area contributed by atoms with Gasteiger partial charge in [-0.05, 0) is 55.4 Å². The number of hydrogen-bond acceptors (Lipinski definition) is 4. The summed E-state index contributed by atoms with van der Waals surface area (Å²) in [6.07, 6.45) is 6.48. The molecule has 1 aromatic heterocycles. The van der Waals surface area contributed by atoms with Gasteiger partial charge in [0.05, 0.1) is 35.8 Å². The van der Waals surface area contributed by atoms with Gasteiger partial charge in [0, 0.05) is 25.1 Å². The van der Waals surface area contributed by atoms with Crippen LogP contribution in [-0.4, -0.2) is 62.4 Å². The van der Waals surface area contributed by atoms with Gasteiger partial charge < -0.3 is 14.7 Å². The lowest BCUT2D eigenvalue weighted by molar-refractivity contribution is -0.129. The van der Waals surface area contributed by atoms with E-state index in [1.807, 2.05) is 4.68 Å². The quantitative estimate of drug-likeness (QED) is 0.680. The highest BCUT2D eigenvalue weighted by Crippen LogP contribution is 2.43. The van der Waals surface area contributed by atoms with Gasteiger partial charge in [0.15, 0.2) is 0 Å². The average molecular weight is 463 g/mol. The second-order valence-corrected chi connectivity index (χ2v) is 9.89. The van der Waals surface area contributed by atoms with Crippen LogP contribution in [-0.2, 0) is 16.0 Å². The van der Waals surface area contributed by atoms with Crippen LogP contribution in [0.15, 0.2) is 36.9 Å². The summed E-state index contributed by atoms with van der Waals surface area (Å²) in [5.74, 6) is 0.450. The molecule has 0 spiro atoms. The Morgan fingerprint density at radius 2 is 1.88 bits per heavy atom. The summed E-state index contributed by atoms with van der Waals surface area (Å²) >= 11 is 0. The zero-order chi connectivity index (χ0) is 23.4. The van der Waals surface area contributed by atoms with Crippen molar-refractivity contribution in [3.63, 3.8) is 0 Å². The lowest BCUT2D eigenvalue weighted by atomic mass is 9.80. The number of carbonyl (C=O) groups is 2. The minimum absolute atomic E-state index is 0.170. The van der Waals surface area contributed by atoms with Crippen molar-refractivity contribution in [2.24, 2.45) is 0 Å². The van der Waals surface area contributed by atoms with E-state index in [2.05, 4.69) is 30.8 Å². The topological polar surface area (TPSA) is 87.9 Å². The van der Waals surface area contributed by atoms with Gasteiger partial charge >= 0.3 is 6.09 Å². The molecular formula is C26H30N4O4. The molecule has 34 heavy (non-hydrogen) atoms. The van der Waals surface area contributed by atoms with Gasteiger partial charge in [-0.25, -0.2) is 9.48 Å². The van der Waals surface area contributed by atoms with Crippen LogP contribution in [0.25, 0.3) is 5.69 Å². The van der Waals surface area contributed by atoms with Crippen LogP contribution in [0.5, 0.6) is 0 Å². The Kier molecular flexibility index (Phi) is 5.21. The van der Waals surface area contributed by atoms with Crippen LogP contribution in [0, 0.1) is 0 Å². The first-order valence-corrected chi connectivity index (χ1v) is 12.3. The zero-order valence-electron chi connectivity index (χ0n) is 19.2. The Morgan fingerprint density at radius 3 is 2.50 bits per heavy atom. The summed E-state index contributed by atoms with van der Waals surface area (Å²) in [6, 6.07) is 8.17. The van der Waals surface area contributed by atoms with Crippen molar-refractivity contribution in [3.8, 4) is 5.69 Å². The standard InChI is InChI=1S/C26H30N4O4/c1-2-23(31)28-14-21-24-20(12-13-29(21)26(32)33)30(27-25(24)22(15-28)34-19-10-11-19)18-8-6-17(7-9-18)16-4-3-5-16/h2,6-9,16,19,21-22H,1,3-5,10-15H2,(H,32,33). The van der Waals surface area contributed by atoms with Crippen molar-refractivity contribution in [1.29, 1.82) is 0 Å². The molecule has 178 valence electrons.